The summed E-state index contributed by atoms with van der Waals surface area (Å²) in [5.41, 5.74) is 19.6. The molecule has 2 N–H and O–H groups in total. The SMILES string of the molecule is CCCCCCCCCCCCCCCCCCCCc1ccc([Si]2(c3cc(OCCCCCCCCCCCC)cc(OCCCCCCCCCCCC)c3)c3ccccc3-c3ccc(-c4c5nc(c(Br)c6ccc([nH]6)c(-c6ccc7c(c6)[Si](c6ccc(OCCCCCCCCCCCCCCCC)cc6)(c6cccc(CCCCCCCCCC)c6)c6ccccc6-7)c6nc(c(Br)c7ccc4[nH]7)C=C6)C=C5)cc32)cc1. The molecule has 796 valence electrons. The summed E-state index contributed by atoms with van der Waals surface area (Å²) >= 11 is 8.58. The molecule has 2 unspecified atom stereocenters. The van der Waals surface area contributed by atoms with Gasteiger partial charge in [0.15, 0.2) is 16.1 Å². The first-order chi connectivity index (χ1) is 73.7. The van der Waals surface area contributed by atoms with E-state index in [1.54, 1.807) is 0 Å². The molecule has 0 saturated heterocycles. The highest BCUT2D eigenvalue weighted by Crippen LogP contribution is 2.42. The van der Waals surface area contributed by atoms with E-state index in [-0.39, 0.29) is 0 Å². The third-order valence-corrected chi connectivity index (χ3v) is 44.4. The molecule has 0 radical (unpaired) electrons. The van der Waals surface area contributed by atoms with Crippen molar-refractivity contribution in [2.24, 2.45) is 0 Å². The van der Waals surface area contributed by atoms with Gasteiger partial charge in [-0.3, -0.25) is 0 Å². The second-order valence-electron chi connectivity index (χ2n) is 44.6. The van der Waals surface area contributed by atoms with Crippen molar-refractivity contribution in [2.45, 2.75) is 433 Å². The fourth-order valence-corrected chi connectivity index (χ4v) is 35.9. The zero-order valence-electron chi connectivity index (χ0n) is 92.7. The van der Waals surface area contributed by atoms with E-state index in [1.165, 1.54) is 441 Å². The Morgan fingerprint density at radius 1 is 0.221 bits per heavy atom. The lowest BCUT2D eigenvalue weighted by molar-refractivity contribution is 0.290. The molecule has 11 heteroatoms. The Labute approximate surface area is 920 Å². The maximum atomic E-state index is 7.16. The maximum absolute atomic E-state index is 7.16. The Bertz CT molecular complexity index is 6060. The summed E-state index contributed by atoms with van der Waals surface area (Å²) < 4.78 is 22.8. The summed E-state index contributed by atoms with van der Waals surface area (Å²) in [5.74, 6) is 2.76. The Morgan fingerprint density at radius 2 is 0.523 bits per heavy atom. The van der Waals surface area contributed by atoms with Gasteiger partial charge in [-0.05, 0) is 236 Å². The number of nitrogens with zero attached hydrogens (tertiary/aromatic N) is 2. The van der Waals surface area contributed by atoms with Gasteiger partial charge in [0.2, 0.25) is 0 Å². The lowest BCUT2D eigenvalue weighted by Crippen LogP contribution is -2.72. The van der Waals surface area contributed by atoms with Gasteiger partial charge in [0, 0.05) is 28.2 Å². The average Bonchev–Trinajstić information content (AvgIpc) is 1.54. The monoisotopic (exact) mass is 2160 g/mol. The number of hydrogen-bond donors (Lipinski definition) is 2. The number of ether oxygens (including phenoxy) is 3. The van der Waals surface area contributed by atoms with Crippen LogP contribution in [0.2, 0.25) is 0 Å². The van der Waals surface area contributed by atoms with Gasteiger partial charge >= 0.3 is 0 Å². The van der Waals surface area contributed by atoms with Crippen molar-refractivity contribution >= 4 is 136 Å². The van der Waals surface area contributed by atoms with Gasteiger partial charge in [-0.2, -0.15) is 0 Å². The Morgan fingerprint density at radius 3 is 0.893 bits per heavy atom. The van der Waals surface area contributed by atoms with E-state index in [1.807, 2.05) is 0 Å². The largest absolute Gasteiger partial charge is 0.494 e. The van der Waals surface area contributed by atoms with Gasteiger partial charge in [-0.25, -0.2) is 9.97 Å². The van der Waals surface area contributed by atoms with E-state index in [2.05, 4.69) is 301 Å². The highest BCUT2D eigenvalue weighted by molar-refractivity contribution is 9.11. The molecule has 149 heavy (non-hydrogen) atoms. The summed E-state index contributed by atoms with van der Waals surface area (Å²) in [6, 6.07) is 79.1. The number of halogens is 2. The summed E-state index contributed by atoms with van der Waals surface area (Å²) in [5, 5.41) is 11.0. The standard InChI is InChI=1S/C138H184Br2N4O3Si2/c1-6-11-16-21-26-31-35-37-39-40-41-42-43-45-47-52-56-61-71-108-79-85-115(86-80-108)149(118-106-113(146-100-68-59-54-48-33-28-23-18-13-8-3)105-114(107-118)147-101-69-60-55-49-34-29-24-19-14-9-4)132-78-66-64-76-120(132)122-90-82-111(104-134(122)149)136-125-93-97-129(143-125)137(139)127-95-91-123(141-127)135(124-92-96-128(142-124)138(140)130-98-94-126(136)144-130)110-81-89-121-119-75-63-65-77-131(119)148(133(121)103-110,117-74-70-73-109(102-117)72-62-57-51-30-25-20-15-10-5)116-87-83-112(84-88-116)145-99-67-58-53-50-46-44-38-36-32-27-22-17-12-7-2/h63-66,70,73-98,102-107,141,144H,6-62,67-69,71-72,99-101H2,1-5H3. The fourth-order valence-electron chi connectivity index (χ4n) is 24.6. The number of aromatic nitrogens is 4. The second-order valence-corrected chi connectivity index (χ2v) is 53.6. The van der Waals surface area contributed by atoms with E-state index < -0.39 is 16.1 Å². The zero-order valence-corrected chi connectivity index (χ0v) is 97.9. The van der Waals surface area contributed by atoms with Crippen LogP contribution in [0, 0.1) is 0 Å². The number of aromatic amines is 2. The number of aryl methyl sites for hydroxylation is 2. The molecule has 8 bridgehead atoms. The van der Waals surface area contributed by atoms with E-state index in [9.17, 15) is 0 Å². The van der Waals surface area contributed by atoms with Gasteiger partial charge in [-0.15, -0.1) is 0 Å². The Balaban J connectivity index is 0.767. The molecule has 3 aromatic heterocycles. The zero-order chi connectivity index (χ0) is 103. The summed E-state index contributed by atoms with van der Waals surface area (Å²) in [6.45, 7) is 13.7. The molecule has 0 spiro atoms. The van der Waals surface area contributed by atoms with E-state index >= 15 is 0 Å². The lowest BCUT2D eigenvalue weighted by Gasteiger charge is -2.32. The lowest BCUT2D eigenvalue weighted by atomic mass is 9.99. The number of H-pyrrole nitrogens is 2. The molecule has 7 heterocycles. The van der Waals surface area contributed by atoms with Crippen LogP contribution in [-0.4, -0.2) is 55.9 Å². The molecular formula is C138H184Br2N4O3Si2. The highest BCUT2D eigenvalue weighted by atomic mass is 79.9. The van der Waals surface area contributed by atoms with Crippen molar-refractivity contribution in [3.05, 3.63) is 243 Å². The number of nitrogens with one attached hydrogen (secondary N) is 2. The predicted octanol–water partition coefficient (Wildman–Crippen LogP) is 38.0. The first-order valence-electron chi connectivity index (χ1n) is 61.0. The van der Waals surface area contributed by atoms with Crippen LogP contribution >= 0.6 is 31.9 Å². The van der Waals surface area contributed by atoms with Crippen molar-refractivity contribution < 1.29 is 14.2 Å². The van der Waals surface area contributed by atoms with Crippen molar-refractivity contribution in [3.63, 3.8) is 0 Å². The van der Waals surface area contributed by atoms with E-state index in [0.717, 1.165) is 132 Å². The summed E-state index contributed by atoms with van der Waals surface area (Å²) in [7, 11) is -6.38. The summed E-state index contributed by atoms with van der Waals surface area (Å²) in [6.07, 6.45) is 90.7. The predicted molar refractivity (Wildman–Crippen MR) is 660 cm³/mol. The minimum atomic E-state index is -3.29. The first-order valence-corrected chi connectivity index (χ1v) is 66.5. The van der Waals surface area contributed by atoms with Crippen molar-refractivity contribution in [1.82, 2.24) is 19.9 Å². The quantitative estimate of drug-likeness (QED) is 0.0293. The van der Waals surface area contributed by atoms with Crippen LogP contribution in [0.1, 0.15) is 454 Å². The number of fused-ring (bicyclic) bond motifs is 14. The average molecular weight is 2160 g/mol. The van der Waals surface area contributed by atoms with Crippen LogP contribution in [0.5, 0.6) is 17.2 Å². The molecule has 0 saturated carbocycles. The molecule has 2 atom stereocenters. The number of benzene rings is 8. The van der Waals surface area contributed by atoms with E-state index in [0.29, 0.717) is 13.2 Å². The number of unbranched alkanes of at least 4 members (excludes halogenated alkanes) is 55. The van der Waals surface area contributed by atoms with Gasteiger partial charge in [-0.1, -0.05) is 533 Å². The molecule has 0 aliphatic carbocycles. The topological polar surface area (TPSA) is 85.1 Å². The molecule has 4 aliphatic rings. The molecule has 4 aliphatic heterocycles. The van der Waals surface area contributed by atoms with Gasteiger partial charge in [0.1, 0.15) is 17.2 Å². The first kappa shape index (κ1) is 114. The molecule has 15 rings (SSSR count). The molecule has 11 aromatic rings. The van der Waals surface area contributed by atoms with Gasteiger partial charge < -0.3 is 24.2 Å². The minimum Gasteiger partial charge on any atom is -0.494 e. The van der Waals surface area contributed by atoms with Crippen LogP contribution in [0.15, 0.2) is 209 Å². The van der Waals surface area contributed by atoms with Crippen LogP contribution < -0.4 is 55.7 Å². The molecular weight excluding hydrogens is 1980 g/mol. The van der Waals surface area contributed by atoms with Crippen LogP contribution in [0.3, 0.4) is 0 Å². The Hall–Kier alpha value is -8.85. The minimum absolute atomic E-state index is 0.674. The van der Waals surface area contributed by atoms with Crippen molar-refractivity contribution in [1.29, 1.82) is 0 Å². The van der Waals surface area contributed by atoms with Crippen LogP contribution in [0.25, 0.3) is 90.9 Å². The summed E-state index contributed by atoms with van der Waals surface area (Å²) in [4.78, 5) is 19.7. The highest BCUT2D eigenvalue weighted by Gasteiger charge is 2.51. The molecule has 7 nitrogen and oxygen atoms in total. The number of hydrogen-bond acceptors (Lipinski definition) is 5. The fraction of sp³-hybridized carbons (Fsp3) is 0.507. The Kier molecular flexibility index (Phi) is 48.4. The molecule has 0 fully saturated rings. The third kappa shape index (κ3) is 32.0. The maximum Gasteiger partial charge on any atom is 0.181 e. The third-order valence-electron chi connectivity index (χ3n) is 33.1. The second kappa shape index (κ2) is 63.1. The van der Waals surface area contributed by atoms with Crippen molar-refractivity contribution in [3.8, 4) is 61.8 Å². The van der Waals surface area contributed by atoms with Crippen LogP contribution in [-0.2, 0) is 12.8 Å². The smallest absolute Gasteiger partial charge is 0.181 e. The normalized spacial score (nSPS) is 14.3. The van der Waals surface area contributed by atoms with Crippen LogP contribution in [0.4, 0.5) is 0 Å². The molecule has 0 amide bonds. The van der Waals surface area contributed by atoms with Crippen molar-refractivity contribution in [2.75, 3.05) is 19.8 Å². The van der Waals surface area contributed by atoms with Gasteiger partial charge in [0.05, 0.1) is 62.6 Å². The van der Waals surface area contributed by atoms with Gasteiger partial charge in [0.25, 0.3) is 0 Å². The number of rotatable bonds is 74. The molecule has 8 aromatic carbocycles. The van der Waals surface area contributed by atoms with E-state index in [4.69, 9.17) is 24.2 Å².